The van der Waals surface area contributed by atoms with Crippen molar-refractivity contribution in [3.63, 3.8) is 0 Å². The maximum Gasteiger partial charge on any atom is 0.306 e. The second-order valence-corrected chi connectivity index (χ2v) is 18.5. The third kappa shape index (κ3) is 51.8. The largest absolute Gasteiger partial charge is 0.462 e. The van der Waals surface area contributed by atoms with Crippen LogP contribution in [0.15, 0.2) is 72.9 Å². The first-order valence-corrected chi connectivity index (χ1v) is 27.9. The Kier molecular flexibility index (Phi) is 51.9. The minimum atomic E-state index is -0.788. The molecule has 0 aliphatic carbocycles. The maximum absolute atomic E-state index is 12.8. The highest BCUT2D eigenvalue weighted by molar-refractivity contribution is 5.71. The molecule has 0 aromatic carbocycles. The van der Waals surface area contributed by atoms with Crippen LogP contribution >= 0.6 is 0 Å². The molecule has 0 aliphatic heterocycles. The molecule has 66 heavy (non-hydrogen) atoms. The number of carbonyl (C=O) groups is 3. The molecule has 0 rings (SSSR count). The van der Waals surface area contributed by atoms with Gasteiger partial charge >= 0.3 is 17.9 Å². The Morgan fingerprint density at radius 1 is 0.318 bits per heavy atom. The molecule has 0 N–H and O–H groups in total. The van der Waals surface area contributed by atoms with Gasteiger partial charge in [0.1, 0.15) is 13.2 Å². The molecule has 0 fully saturated rings. The van der Waals surface area contributed by atoms with Crippen molar-refractivity contribution in [2.24, 2.45) is 0 Å². The van der Waals surface area contributed by atoms with Crippen LogP contribution in [0.3, 0.4) is 0 Å². The summed E-state index contributed by atoms with van der Waals surface area (Å²) in [5.74, 6) is -0.909. The van der Waals surface area contributed by atoms with Gasteiger partial charge in [0.05, 0.1) is 0 Å². The molecule has 0 saturated heterocycles. The summed E-state index contributed by atoms with van der Waals surface area (Å²) in [6.45, 7) is 6.49. The Labute approximate surface area is 408 Å². The van der Waals surface area contributed by atoms with E-state index >= 15 is 0 Å². The Hall–Kier alpha value is -3.15. The highest BCUT2D eigenvalue weighted by atomic mass is 16.6. The second-order valence-electron chi connectivity index (χ2n) is 18.5. The van der Waals surface area contributed by atoms with Crippen molar-refractivity contribution in [3.05, 3.63) is 72.9 Å². The zero-order valence-electron chi connectivity index (χ0n) is 43.4. The van der Waals surface area contributed by atoms with Crippen LogP contribution in [-0.2, 0) is 28.6 Å². The number of esters is 3. The molecule has 0 radical (unpaired) electrons. The fourth-order valence-electron chi connectivity index (χ4n) is 7.76. The first kappa shape index (κ1) is 62.8. The predicted octanol–water partition coefficient (Wildman–Crippen LogP) is 18.6. The van der Waals surface area contributed by atoms with Crippen molar-refractivity contribution in [1.82, 2.24) is 0 Å². The number of unbranched alkanes of at least 4 members (excludes halogenated alkanes) is 27. The van der Waals surface area contributed by atoms with E-state index in [0.717, 1.165) is 103 Å². The zero-order chi connectivity index (χ0) is 47.9. The van der Waals surface area contributed by atoms with E-state index in [2.05, 4.69) is 93.7 Å². The summed E-state index contributed by atoms with van der Waals surface area (Å²) in [7, 11) is 0. The van der Waals surface area contributed by atoms with E-state index in [4.69, 9.17) is 14.2 Å². The standard InChI is InChI=1S/C60H104O6/c1-4-7-10-13-16-19-22-24-26-28-29-30-31-33-34-36-38-41-44-47-50-53-59(62)65-56-57(55-64-58(61)52-49-46-43-40-21-18-15-12-9-6-3)66-60(63)54-51-48-45-42-39-37-35-32-27-25-23-20-17-14-11-8-5-2/h8,11,17,20,22,24-25,27-29,35,37,57H,4-7,9-10,12-16,18-19,21,23,26,30-34,36,38-56H2,1-3H3/b11-8-,20-17-,24-22-,27-25-,29-28-,37-35-. The normalized spacial score (nSPS) is 12.6. The summed E-state index contributed by atoms with van der Waals surface area (Å²) in [4.78, 5) is 38.0. The van der Waals surface area contributed by atoms with Crippen LogP contribution in [0.2, 0.25) is 0 Å². The highest BCUT2D eigenvalue weighted by Gasteiger charge is 2.19. The van der Waals surface area contributed by atoms with Crippen LogP contribution in [-0.4, -0.2) is 37.2 Å². The summed E-state index contributed by atoms with van der Waals surface area (Å²) in [5.41, 5.74) is 0. The SMILES string of the molecule is CC/C=C\C/C=C\C/C=C\C/C=C\CCCCCCC(=O)OC(COC(=O)CCCCCCCCCCCC)COC(=O)CCCCCCCCCCC/C=C\C/C=C\CCCCCCC. The number of hydrogen-bond acceptors (Lipinski definition) is 6. The van der Waals surface area contributed by atoms with Crippen LogP contribution in [0.1, 0.15) is 271 Å². The van der Waals surface area contributed by atoms with Crippen molar-refractivity contribution in [3.8, 4) is 0 Å². The Balaban J connectivity index is 4.34. The lowest BCUT2D eigenvalue weighted by molar-refractivity contribution is -0.167. The van der Waals surface area contributed by atoms with E-state index in [1.807, 2.05) is 0 Å². The molecular weight excluding hydrogens is 817 g/mol. The van der Waals surface area contributed by atoms with Gasteiger partial charge in [-0.2, -0.15) is 0 Å². The predicted molar refractivity (Wildman–Crippen MR) is 284 cm³/mol. The number of hydrogen-bond donors (Lipinski definition) is 0. The van der Waals surface area contributed by atoms with E-state index < -0.39 is 6.10 Å². The molecule has 0 amide bonds. The Morgan fingerprint density at radius 2 is 0.591 bits per heavy atom. The molecule has 0 aliphatic rings. The summed E-state index contributed by atoms with van der Waals surface area (Å²) in [5, 5.41) is 0. The summed E-state index contributed by atoms with van der Waals surface area (Å²) < 4.78 is 16.8. The zero-order valence-corrected chi connectivity index (χ0v) is 43.4. The molecule has 0 bridgehead atoms. The third-order valence-electron chi connectivity index (χ3n) is 11.9. The second kappa shape index (κ2) is 54.5. The fourth-order valence-corrected chi connectivity index (χ4v) is 7.76. The topological polar surface area (TPSA) is 78.9 Å². The van der Waals surface area contributed by atoms with Gasteiger partial charge in [-0.25, -0.2) is 0 Å². The van der Waals surface area contributed by atoms with E-state index in [1.54, 1.807) is 0 Å². The Morgan fingerprint density at radius 3 is 0.924 bits per heavy atom. The van der Waals surface area contributed by atoms with Gasteiger partial charge in [-0.3, -0.25) is 14.4 Å². The lowest BCUT2D eigenvalue weighted by atomic mass is 10.1. The van der Waals surface area contributed by atoms with Gasteiger partial charge in [0.2, 0.25) is 0 Å². The van der Waals surface area contributed by atoms with Crippen LogP contribution in [0.4, 0.5) is 0 Å². The molecule has 0 heterocycles. The Bertz CT molecular complexity index is 1240. The van der Waals surface area contributed by atoms with Gasteiger partial charge in [0.15, 0.2) is 6.10 Å². The molecule has 0 spiro atoms. The van der Waals surface area contributed by atoms with E-state index in [1.165, 1.54) is 128 Å². The van der Waals surface area contributed by atoms with Gasteiger partial charge in [-0.1, -0.05) is 235 Å². The van der Waals surface area contributed by atoms with Gasteiger partial charge in [-0.15, -0.1) is 0 Å². The van der Waals surface area contributed by atoms with E-state index in [9.17, 15) is 14.4 Å². The van der Waals surface area contributed by atoms with Crippen molar-refractivity contribution in [1.29, 1.82) is 0 Å². The first-order chi connectivity index (χ1) is 32.5. The first-order valence-electron chi connectivity index (χ1n) is 27.9. The summed E-state index contributed by atoms with van der Waals surface area (Å²) in [6, 6.07) is 0. The number of rotatable bonds is 50. The monoisotopic (exact) mass is 921 g/mol. The van der Waals surface area contributed by atoms with Crippen molar-refractivity contribution in [2.45, 2.75) is 277 Å². The third-order valence-corrected chi connectivity index (χ3v) is 11.9. The average Bonchev–Trinajstić information content (AvgIpc) is 3.31. The molecular formula is C60H104O6. The molecule has 0 saturated carbocycles. The average molecular weight is 921 g/mol. The smallest absolute Gasteiger partial charge is 0.306 e. The highest BCUT2D eigenvalue weighted by Crippen LogP contribution is 2.15. The molecule has 1 unspecified atom stereocenters. The van der Waals surface area contributed by atoms with Crippen LogP contribution in [0, 0.1) is 0 Å². The molecule has 0 aromatic rings. The molecule has 6 nitrogen and oxygen atoms in total. The van der Waals surface area contributed by atoms with Gasteiger partial charge in [0, 0.05) is 19.3 Å². The molecule has 0 aromatic heterocycles. The van der Waals surface area contributed by atoms with Gasteiger partial charge < -0.3 is 14.2 Å². The van der Waals surface area contributed by atoms with Crippen LogP contribution in [0.5, 0.6) is 0 Å². The number of ether oxygens (including phenoxy) is 3. The lowest BCUT2D eigenvalue weighted by Gasteiger charge is -2.18. The van der Waals surface area contributed by atoms with Crippen molar-refractivity contribution >= 4 is 17.9 Å². The van der Waals surface area contributed by atoms with E-state index in [-0.39, 0.29) is 31.1 Å². The van der Waals surface area contributed by atoms with Crippen molar-refractivity contribution in [2.75, 3.05) is 13.2 Å². The van der Waals surface area contributed by atoms with Crippen LogP contribution < -0.4 is 0 Å². The lowest BCUT2D eigenvalue weighted by Crippen LogP contribution is -2.30. The van der Waals surface area contributed by atoms with Gasteiger partial charge in [0.25, 0.3) is 0 Å². The minimum absolute atomic E-state index is 0.0852. The summed E-state index contributed by atoms with van der Waals surface area (Å²) >= 11 is 0. The van der Waals surface area contributed by atoms with Crippen molar-refractivity contribution < 1.29 is 28.6 Å². The quantitative estimate of drug-likeness (QED) is 0.0262. The van der Waals surface area contributed by atoms with Gasteiger partial charge in [-0.05, 0) is 89.9 Å². The van der Waals surface area contributed by atoms with Crippen LogP contribution in [0.25, 0.3) is 0 Å². The molecule has 1 atom stereocenters. The maximum atomic E-state index is 12.8. The fraction of sp³-hybridized carbons (Fsp3) is 0.750. The number of carbonyl (C=O) groups excluding carboxylic acids is 3. The minimum Gasteiger partial charge on any atom is -0.462 e. The summed E-state index contributed by atoms with van der Waals surface area (Å²) in [6.07, 6.45) is 68.9. The van der Waals surface area contributed by atoms with E-state index in [0.29, 0.717) is 19.3 Å². The molecule has 6 heteroatoms. The molecule has 380 valence electrons. The number of allylic oxidation sites excluding steroid dienone is 12.